The quantitative estimate of drug-likeness (QED) is 0.346. The molecule has 2 aromatic carbocycles. The van der Waals surface area contributed by atoms with Gasteiger partial charge in [0.05, 0.1) is 12.3 Å². The Labute approximate surface area is 202 Å². The summed E-state index contributed by atoms with van der Waals surface area (Å²) < 4.78 is 16.5. The lowest BCUT2D eigenvalue weighted by Crippen LogP contribution is -2.31. The normalized spacial score (nSPS) is 11.3. The largest absolute Gasteiger partial charge is 0.489 e. The predicted octanol–water partition coefficient (Wildman–Crippen LogP) is 4.76. The molecule has 2 heterocycles. The molecule has 0 saturated carbocycles. The molecule has 0 aliphatic heterocycles. The van der Waals surface area contributed by atoms with E-state index in [1.54, 1.807) is 48.8 Å². The molecule has 1 atom stereocenters. The lowest BCUT2D eigenvalue weighted by Gasteiger charge is -2.16. The third kappa shape index (κ3) is 6.94. The van der Waals surface area contributed by atoms with Gasteiger partial charge in [0.1, 0.15) is 18.1 Å². The second-order valence-electron chi connectivity index (χ2n) is 7.76. The first-order chi connectivity index (χ1) is 17.1. The highest BCUT2D eigenvalue weighted by atomic mass is 16.5. The van der Waals surface area contributed by atoms with Crippen LogP contribution in [0.3, 0.4) is 0 Å². The van der Waals surface area contributed by atoms with Crippen molar-refractivity contribution in [1.29, 1.82) is 0 Å². The van der Waals surface area contributed by atoms with E-state index in [0.29, 0.717) is 18.0 Å². The van der Waals surface area contributed by atoms with E-state index >= 15 is 0 Å². The number of hydrogen-bond acceptors (Lipinski definition) is 6. The maximum Gasteiger partial charge on any atom is 0.291 e. The van der Waals surface area contributed by atoms with E-state index in [4.69, 9.17) is 13.9 Å². The van der Waals surface area contributed by atoms with Crippen LogP contribution in [-0.4, -0.2) is 23.4 Å². The highest BCUT2D eigenvalue weighted by molar-refractivity contribution is 6.02. The van der Waals surface area contributed by atoms with Crippen LogP contribution in [0.25, 0.3) is 0 Å². The van der Waals surface area contributed by atoms with E-state index in [0.717, 1.165) is 16.9 Å². The first-order valence-corrected chi connectivity index (χ1v) is 11.1. The van der Waals surface area contributed by atoms with Gasteiger partial charge in [0.15, 0.2) is 12.4 Å². The van der Waals surface area contributed by atoms with Crippen molar-refractivity contribution < 1.29 is 23.5 Å². The number of pyridine rings is 1. The van der Waals surface area contributed by atoms with Crippen LogP contribution in [0.5, 0.6) is 11.5 Å². The summed E-state index contributed by atoms with van der Waals surface area (Å²) in [5, 5.41) is 5.64. The number of benzene rings is 2. The van der Waals surface area contributed by atoms with Crippen LogP contribution >= 0.6 is 0 Å². The molecule has 1 unspecified atom stereocenters. The van der Waals surface area contributed by atoms with Gasteiger partial charge in [-0.05, 0) is 55.0 Å². The van der Waals surface area contributed by atoms with Crippen LogP contribution in [0.4, 0.5) is 5.69 Å². The van der Waals surface area contributed by atoms with Crippen molar-refractivity contribution in [2.24, 2.45) is 0 Å². The molecule has 0 radical (unpaired) electrons. The van der Waals surface area contributed by atoms with Gasteiger partial charge in [0.25, 0.3) is 11.8 Å². The minimum Gasteiger partial charge on any atom is -0.489 e. The Balaban J connectivity index is 1.23. The van der Waals surface area contributed by atoms with Crippen LogP contribution in [0.1, 0.15) is 34.6 Å². The number of anilines is 1. The molecule has 178 valence electrons. The van der Waals surface area contributed by atoms with Gasteiger partial charge in [0.2, 0.25) is 0 Å². The van der Waals surface area contributed by atoms with E-state index in [-0.39, 0.29) is 30.2 Å². The molecule has 2 aromatic heterocycles. The van der Waals surface area contributed by atoms with Crippen LogP contribution in [0.15, 0.2) is 95.9 Å². The number of nitrogens with one attached hydrogen (secondary N) is 2. The molecular formula is C27H25N3O5. The monoisotopic (exact) mass is 471 g/mol. The molecule has 4 aromatic rings. The fourth-order valence-corrected chi connectivity index (χ4v) is 3.28. The van der Waals surface area contributed by atoms with Gasteiger partial charge < -0.3 is 24.5 Å². The van der Waals surface area contributed by atoms with Crippen molar-refractivity contribution >= 4 is 17.5 Å². The van der Waals surface area contributed by atoms with Gasteiger partial charge in [-0.15, -0.1) is 0 Å². The summed E-state index contributed by atoms with van der Waals surface area (Å²) in [6.45, 7) is 2.17. The average Bonchev–Trinajstić information content (AvgIpc) is 3.43. The fourth-order valence-electron chi connectivity index (χ4n) is 3.28. The van der Waals surface area contributed by atoms with E-state index < -0.39 is 0 Å². The zero-order valence-corrected chi connectivity index (χ0v) is 19.1. The maximum atomic E-state index is 12.4. The number of amides is 2. The highest BCUT2D eigenvalue weighted by Crippen LogP contribution is 2.20. The minimum absolute atomic E-state index is 0.160. The standard InChI is InChI=1S/C27H25N3O5/c1-19(21-9-11-23(12-10-21)34-17-20-5-3-13-28-16-20)29-26(31)18-35-24-7-2-6-22(15-24)30-27(32)25-8-4-14-33-25/h2-16,19H,17-18H2,1H3,(H,29,31)(H,30,32). The Morgan fingerprint density at radius 2 is 1.83 bits per heavy atom. The lowest BCUT2D eigenvalue weighted by molar-refractivity contribution is -0.123. The van der Waals surface area contributed by atoms with Crippen LogP contribution in [0, 0.1) is 0 Å². The molecule has 2 N–H and O–H groups in total. The number of aromatic nitrogens is 1. The highest BCUT2D eigenvalue weighted by Gasteiger charge is 2.12. The van der Waals surface area contributed by atoms with E-state index in [1.807, 2.05) is 43.3 Å². The van der Waals surface area contributed by atoms with Gasteiger partial charge in [-0.2, -0.15) is 0 Å². The van der Waals surface area contributed by atoms with Gasteiger partial charge in [-0.25, -0.2) is 0 Å². The third-order valence-electron chi connectivity index (χ3n) is 5.09. The average molecular weight is 472 g/mol. The van der Waals surface area contributed by atoms with Crippen molar-refractivity contribution in [3.63, 3.8) is 0 Å². The predicted molar refractivity (Wildman–Crippen MR) is 130 cm³/mol. The number of hydrogen-bond donors (Lipinski definition) is 2. The smallest absolute Gasteiger partial charge is 0.291 e. The van der Waals surface area contributed by atoms with Crippen LogP contribution < -0.4 is 20.1 Å². The summed E-state index contributed by atoms with van der Waals surface area (Å²) in [6.07, 6.45) is 4.92. The molecule has 8 nitrogen and oxygen atoms in total. The van der Waals surface area contributed by atoms with Crippen molar-refractivity contribution in [2.45, 2.75) is 19.6 Å². The van der Waals surface area contributed by atoms with Crippen molar-refractivity contribution in [1.82, 2.24) is 10.3 Å². The molecule has 0 spiro atoms. The molecule has 0 aliphatic rings. The SMILES string of the molecule is CC(NC(=O)COc1cccc(NC(=O)c2ccco2)c1)c1ccc(OCc2cccnc2)cc1. The van der Waals surface area contributed by atoms with Crippen LogP contribution in [0.2, 0.25) is 0 Å². The van der Waals surface area contributed by atoms with Crippen molar-refractivity contribution in [2.75, 3.05) is 11.9 Å². The van der Waals surface area contributed by atoms with E-state index in [2.05, 4.69) is 15.6 Å². The molecule has 4 rings (SSSR count). The second kappa shape index (κ2) is 11.5. The third-order valence-corrected chi connectivity index (χ3v) is 5.09. The summed E-state index contributed by atoms with van der Waals surface area (Å²) in [7, 11) is 0. The topological polar surface area (TPSA) is 103 Å². The second-order valence-corrected chi connectivity index (χ2v) is 7.76. The Morgan fingerprint density at radius 1 is 0.971 bits per heavy atom. The first kappa shape index (κ1) is 23.6. The number of rotatable bonds is 10. The lowest BCUT2D eigenvalue weighted by atomic mass is 10.1. The summed E-state index contributed by atoms with van der Waals surface area (Å²) in [5.74, 6) is 0.767. The number of furan rings is 1. The summed E-state index contributed by atoms with van der Waals surface area (Å²) in [4.78, 5) is 28.6. The Morgan fingerprint density at radius 3 is 2.57 bits per heavy atom. The number of nitrogens with zero attached hydrogens (tertiary/aromatic N) is 1. The number of carbonyl (C=O) groups excluding carboxylic acids is 2. The zero-order valence-electron chi connectivity index (χ0n) is 19.1. The summed E-state index contributed by atoms with van der Waals surface area (Å²) >= 11 is 0. The van der Waals surface area contributed by atoms with E-state index in [1.165, 1.54) is 6.26 Å². The molecule has 2 amide bonds. The molecule has 0 aliphatic carbocycles. The number of carbonyl (C=O) groups is 2. The molecule has 0 saturated heterocycles. The Bertz CT molecular complexity index is 1240. The van der Waals surface area contributed by atoms with Crippen molar-refractivity contribution in [3.05, 3.63) is 108 Å². The van der Waals surface area contributed by atoms with Gasteiger partial charge in [-0.3, -0.25) is 14.6 Å². The zero-order chi connectivity index (χ0) is 24.5. The Hall–Kier alpha value is -4.59. The molecular weight excluding hydrogens is 446 g/mol. The fraction of sp³-hybridized carbons (Fsp3) is 0.148. The summed E-state index contributed by atoms with van der Waals surface area (Å²) in [5.41, 5.74) is 2.46. The van der Waals surface area contributed by atoms with Crippen molar-refractivity contribution in [3.8, 4) is 11.5 Å². The summed E-state index contributed by atoms with van der Waals surface area (Å²) in [6, 6.07) is 21.2. The minimum atomic E-state index is -0.368. The van der Waals surface area contributed by atoms with Gasteiger partial charge in [-0.1, -0.05) is 24.3 Å². The molecule has 0 fully saturated rings. The molecule has 0 bridgehead atoms. The molecule has 35 heavy (non-hydrogen) atoms. The van der Waals surface area contributed by atoms with Gasteiger partial charge in [0, 0.05) is 29.7 Å². The number of ether oxygens (including phenoxy) is 2. The van der Waals surface area contributed by atoms with Crippen LogP contribution in [-0.2, 0) is 11.4 Å². The first-order valence-electron chi connectivity index (χ1n) is 11.1. The Kier molecular flexibility index (Phi) is 7.75. The maximum absolute atomic E-state index is 12.4. The molecule has 8 heteroatoms. The van der Waals surface area contributed by atoms with E-state index in [9.17, 15) is 9.59 Å². The van der Waals surface area contributed by atoms with Gasteiger partial charge >= 0.3 is 0 Å².